The van der Waals surface area contributed by atoms with Crippen molar-refractivity contribution in [3.8, 4) is 5.69 Å². The first-order valence-corrected chi connectivity index (χ1v) is 15.0. The van der Waals surface area contributed by atoms with Crippen molar-refractivity contribution in [2.75, 3.05) is 36.8 Å². The first-order chi connectivity index (χ1) is 19.7. The smallest absolute Gasteiger partial charge is 0.317 e. The zero-order valence-electron chi connectivity index (χ0n) is 24.8. The first-order valence-electron chi connectivity index (χ1n) is 15.0. The van der Waals surface area contributed by atoms with Crippen LogP contribution in [0.5, 0.6) is 0 Å². The number of hydrogen-bond donors (Lipinski definition) is 4. The number of carbonyl (C=O) groups excluding carboxylic acids is 2. The molecule has 8 nitrogen and oxygen atoms in total. The summed E-state index contributed by atoms with van der Waals surface area (Å²) in [5, 5.41) is 17.7. The molecule has 0 bridgehead atoms. The van der Waals surface area contributed by atoms with Crippen LogP contribution < -0.4 is 21.3 Å². The van der Waals surface area contributed by atoms with Crippen molar-refractivity contribution in [2.45, 2.75) is 64.7 Å². The molecule has 2 fully saturated rings. The highest BCUT2D eigenvalue weighted by atomic mass is 16.2. The number of benzene rings is 2. The number of hydrogen-bond acceptors (Lipinski definition) is 5. The molecule has 1 atom stereocenters. The SMILES string of the molecule is Cc1ccc(-n2nc(C(C)(C)C)cc2NC(=O)Nc2cccc(C(C(=O)C3CCNCC3)C3CCNCC3)c2)cc1. The second kappa shape index (κ2) is 12.6. The van der Waals surface area contributed by atoms with Gasteiger partial charge in [0.2, 0.25) is 0 Å². The lowest BCUT2D eigenvalue weighted by Crippen LogP contribution is -2.39. The van der Waals surface area contributed by atoms with E-state index >= 15 is 0 Å². The normalized spacial score (nSPS) is 17.7. The summed E-state index contributed by atoms with van der Waals surface area (Å²) in [6.45, 7) is 12.0. The number of piperidine rings is 2. The number of nitrogens with one attached hydrogen (secondary N) is 4. The first kappa shape index (κ1) is 29.0. The molecule has 0 spiro atoms. The van der Waals surface area contributed by atoms with Crippen LogP contribution in [-0.4, -0.2) is 47.8 Å². The molecular weight excluding hydrogens is 512 g/mol. The molecule has 5 rings (SSSR count). The molecule has 2 aliphatic rings. The number of ketones is 1. The van der Waals surface area contributed by atoms with Gasteiger partial charge in [-0.05, 0) is 94.5 Å². The van der Waals surface area contributed by atoms with E-state index in [1.54, 1.807) is 4.68 Å². The monoisotopic (exact) mass is 556 g/mol. The van der Waals surface area contributed by atoms with E-state index in [1.807, 2.05) is 55.5 Å². The number of aryl methyl sites for hydroxylation is 1. The van der Waals surface area contributed by atoms with Crippen LogP contribution in [0.3, 0.4) is 0 Å². The average molecular weight is 557 g/mol. The Balaban J connectivity index is 1.37. The number of aromatic nitrogens is 2. The van der Waals surface area contributed by atoms with Gasteiger partial charge in [-0.3, -0.25) is 10.1 Å². The number of Topliss-reactive ketones (excluding diaryl/α,β-unsaturated/α-hetero) is 1. The maximum absolute atomic E-state index is 13.9. The molecule has 1 unspecified atom stereocenters. The highest BCUT2D eigenvalue weighted by molar-refractivity contribution is 5.99. The van der Waals surface area contributed by atoms with Crippen molar-refractivity contribution in [1.82, 2.24) is 20.4 Å². The van der Waals surface area contributed by atoms with Gasteiger partial charge in [-0.1, -0.05) is 50.6 Å². The highest BCUT2D eigenvalue weighted by Gasteiger charge is 2.35. The van der Waals surface area contributed by atoms with Crippen molar-refractivity contribution in [3.63, 3.8) is 0 Å². The number of carbonyl (C=O) groups is 2. The molecule has 3 heterocycles. The van der Waals surface area contributed by atoms with Crippen LogP contribution in [0.1, 0.15) is 69.2 Å². The van der Waals surface area contributed by atoms with Crippen LogP contribution in [0.15, 0.2) is 54.6 Å². The van der Waals surface area contributed by atoms with Gasteiger partial charge in [0.15, 0.2) is 0 Å². The Morgan fingerprint density at radius 3 is 2.22 bits per heavy atom. The third-order valence-corrected chi connectivity index (χ3v) is 8.40. The van der Waals surface area contributed by atoms with Crippen LogP contribution in [0.4, 0.5) is 16.3 Å². The molecule has 4 N–H and O–H groups in total. The number of urea groups is 1. The minimum Gasteiger partial charge on any atom is -0.317 e. The maximum Gasteiger partial charge on any atom is 0.324 e. The van der Waals surface area contributed by atoms with Crippen LogP contribution in [0.2, 0.25) is 0 Å². The summed E-state index contributed by atoms with van der Waals surface area (Å²) >= 11 is 0. The van der Waals surface area contributed by atoms with E-state index < -0.39 is 0 Å². The number of anilines is 2. The van der Waals surface area contributed by atoms with E-state index in [-0.39, 0.29) is 23.3 Å². The Bertz CT molecular complexity index is 1340. The Morgan fingerprint density at radius 2 is 1.56 bits per heavy atom. The largest absolute Gasteiger partial charge is 0.324 e. The second-order valence-electron chi connectivity index (χ2n) is 12.6. The Hall–Kier alpha value is -3.49. The molecule has 2 saturated heterocycles. The molecule has 8 heteroatoms. The predicted molar refractivity (Wildman–Crippen MR) is 165 cm³/mol. The van der Waals surface area contributed by atoms with Gasteiger partial charge in [0.05, 0.1) is 11.4 Å². The fraction of sp³-hybridized carbons (Fsp3) is 0.485. The van der Waals surface area contributed by atoms with Gasteiger partial charge in [-0.15, -0.1) is 0 Å². The summed E-state index contributed by atoms with van der Waals surface area (Å²) in [5.74, 6) is 1.21. The summed E-state index contributed by atoms with van der Waals surface area (Å²) in [5.41, 5.74) is 4.42. The van der Waals surface area contributed by atoms with E-state index in [2.05, 4.69) is 48.1 Å². The van der Waals surface area contributed by atoms with Crippen molar-refractivity contribution < 1.29 is 9.59 Å². The molecule has 3 aromatic rings. The van der Waals surface area contributed by atoms with Crippen LogP contribution >= 0.6 is 0 Å². The number of rotatable bonds is 7. The summed E-state index contributed by atoms with van der Waals surface area (Å²) in [4.78, 5) is 27.2. The van der Waals surface area contributed by atoms with Gasteiger partial charge in [0.25, 0.3) is 0 Å². The number of amides is 2. The lowest BCUT2D eigenvalue weighted by Gasteiger charge is -2.34. The van der Waals surface area contributed by atoms with E-state index in [4.69, 9.17) is 5.10 Å². The molecule has 0 aliphatic carbocycles. The lowest BCUT2D eigenvalue weighted by atomic mass is 9.73. The Labute approximate surface area is 243 Å². The van der Waals surface area contributed by atoms with Gasteiger partial charge in [-0.25, -0.2) is 9.48 Å². The van der Waals surface area contributed by atoms with E-state index in [1.165, 1.54) is 0 Å². The lowest BCUT2D eigenvalue weighted by molar-refractivity contribution is -0.126. The zero-order valence-corrected chi connectivity index (χ0v) is 24.8. The van der Waals surface area contributed by atoms with E-state index in [9.17, 15) is 9.59 Å². The van der Waals surface area contributed by atoms with Crippen LogP contribution in [-0.2, 0) is 10.2 Å². The third kappa shape index (κ3) is 7.05. The van der Waals surface area contributed by atoms with Gasteiger partial charge >= 0.3 is 6.03 Å². The molecule has 218 valence electrons. The fourth-order valence-corrected chi connectivity index (χ4v) is 6.01. The molecule has 2 aliphatic heterocycles. The standard InChI is InChI=1S/C33H44N6O2/c1-22-8-10-27(11-9-22)39-29(21-28(38-39)33(2,3)4)37-32(41)36-26-7-5-6-25(20-26)30(23-12-16-34-17-13-23)31(40)24-14-18-35-19-15-24/h5-11,20-21,23-24,30,34-35H,12-19H2,1-4H3,(H2,36,37,41). The third-order valence-electron chi connectivity index (χ3n) is 8.40. The van der Waals surface area contributed by atoms with E-state index in [0.717, 1.165) is 74.4 Å². The Kier molecular flexibility index (Phi) is 8.90. The molecule has 0 radical (unpaired) electrons. The summed E-state index contributed by atoms with van der Waals surface area (Å²) in [7, 11) is 0. The molecule has 41 heavy (non-hydrogen) atoms. The second-order valence-corrected chi connectivity index (χ2v) is 12.6. The van der Waals surface area contributed by atoms with Crippen molar-refractivity contribution >= 4 is 23.3 Å². The van der Waals surface area contributed by atoms with Crippen LogP contribution in [0, 0.1) is 18.8 Å². The van der Waals surface area contributed by atoms with Gasteiger partial charge in [-0.2, -0.15) is 5.10 Å². The summed E-state index contributed by atoms with van der Waals surface area (Å²) in [6, 6.07) is 17.5. The molecule has 2 amide bonds. The predicted octanol–water partition coefficient (Wildman–Crippen LogP) is 5.77. The molecule has 0 saturated carbocycles. The van der Waals surface area contributed by atoms with Crippen molar-refractivity contribution in [2.24, 2.45) is 11.8 Å². The van der Waals surface area contributed by atoms with Gasteiger partial charge < -0.3 is 16.0 Å². The molecular formula is C33H44N6O2. The average Bonchev–Trinajstić information content (AvgIpc) is 3.39. The quantitative estimate of drug-likeness (QED) is 0.296. The Morgan fingerprint density at radius 1 is 0.902 bits per heavy atom. The van der Waals surface area contributed by atoms with E-state index in [0.29, 0.717) is 23.2 Å². The van der Waals surface area contributed by atoms with Gasteiger partial charge in [0, 0.05) is 29.0 Å². The zero-order chi connectivity index (χ0) is 29.0. The summed E-state index contributed by atoms with van der Waals surface area (Å²) in [6.07, 6.45) is 3.76. The molecule has 2 aromatic carbocycles. The topological polar surface area (TPSA) is 100 Å². The van der Waals surface area contributed by atoms with Crippen molar-refractivity contribution in [3.05, 3.63) is 71.4 Å². The summed E-state index contributed by atoms with van der Waals surface area (Å²) < 4.78 is 1.78. The van der Waals surface area contributed by atoms with Crippen LogP contribution in [0.25, 0.3) is 5.69 Å². The van der Waals surface area contributed by atoms with Gasteiger partial charge in [0.1, 0.15) is 11.6 Å². The number of nitrogens with zero attached hydrogens (tertiary/aromatic N) is 2. The highest BCUT2D eigenvalue weighted by Crippen LogP contribution is 2.37. The molecule has 1 aromatic heterocycles. The minimum atomic E-state index is -0.348. The maximum atomic E-state index is 13.9. The fourth-order valence-electron chi connectivity index (χ4n) is 6.01. The van der Waals surface area contributed by atoms with Crippen molar-refractivity contribution in [1.29, 1.82) is 0 Å². The minimum absolute atomic E-state index is 0.0927.